The van der Waals surface area contributed by atoms with E-state index < -0.39 is 0 Å². The van der Waals surface area contributed by atoms with Crippen molar-refractivity contribution >= 4 is 23.1 Å². The molecule has 0 aromatic carbocycles. The van der Waals surface area contributed by atoms with Gasteiger partial charge in [0.2, 0.25) is 0 Å². The van der Waals surface area contributed by atoms with Crippen molar-refractivity contribution in [2.24, 2.45) is 0 Å². The zero-order valence-corrected chi connectivity index (χ0v) is 10.7. The van der Waals surface area contributed by atoms with Gasteiger partial charge in [-0.2, -0.15) is 23.1 Å². The fourth-order valence-electron chi connectivity index (χ4n) is 1.26. The highest BCUT2D eigenvalue weighted by Crippen LogP contribution is 2.14. The maximum absolute atomic E-state index is 9.75. The van der Waals surface area contributed by atoms with Crippen molar-refractivity contribution in [2.45, 2.75) is 19.4 Å². The van der Waals surface area contributed by atoms with Crippen LogP contribution in [0.1, 0.15) is 25.0 Å². The first-order valence-electron chi connectivity index (χ1n) is 5.33. The summed E-state index contributed by atoms with van der Waals surface area (Å²) in [6.45, 7) is 3.83. The maximum atomic E-state index is 9.75. The highest BCUT2D eigenvalue weighted by atomic mass is 32.2. The summed E-state index contributed by atoms with van der Waals surface area (Å²) in [4.78, 5) is 0. The molecule has 0 amide bonds. The topological polar surface area (TPSA) is 32.3 Å². The van der Waals surface area contributed by atoms with E-state index in [1.165, 1.54) is 17.9 Å². The summed E-state index contributed by atoms with van der Waals surface area (Å²) >= 11 is 3.59. The van der Waals surface area contributed by atoms with Crippen LogP contribution < -0.4 is 5.32 Å². The SMILES string of the molecule is CCSCCCNCC(O)c1ccsc1. The summed E-state index contributed by atoms with van der Waals surface area (Å²) in [5.41, 5.74) is 1.02. The largest absolute Gasteiger partial charge is 0.387 e. The minimum Gasteiger partial charge on any atom is -0.387 e. The summed E-state index contributed by atoms with van der Waals surface area (Å²) in [7, 11) is 0. The minimum atomic E-state index is -0.352. The lowest BCUT2D eigenvalue weighted by Gasteiger charge is -2.10. The second kappa shape index (κ2) is 8.16. The molecule has 1 aromatic heterocycles. The predicted molar refractivity (Wildman–Crippen MR) is 69.8 cm³/mol. The van der Waals surface area contributed by atoms with Crippen molar-refractivity contribution in [1.29, 1.82) is 0 Å². The van der Waals surface area contributed by atoms with Crippen LogP contribution in [0.4, 0.5) is 0 Å². The lowest BCUT2D eigenvalue weighted by Crippen LogP contribution is -2.22. The van der Waals surface area contributed by atoms with E-state index in [1.807, 2.05) is 28.6 Å². The molecular weight excluding hydrogens is 226 g/mol. The third-order valence-electron chi connectivity index (χ3n) is 2.11. The molecule has 1 unspecified atom stereocenters. The number of nitrogens with one attached hydrogen (secondary N) is 1. The Bertz CT molecular complexity index is 239. The Labute approximate surface area is 100 Å². The Morgan fingerprint density at radius 1 is 1.60 bits per heavy atom. The zero-order chi connectivity index (χ0) is 10.9. The van der Waals surface area contributed by atoms with Gasteiger partial charge in [0.25, 0.3) is 0 Å². The van der Waals surface area contributed by atoms with Gasteiger partial charge in [0.1, 0.15) is 0 Å². The fourth-order valence-corrected chi connectivity index (χ4v) is 2.61. The Kier molecular flexibility index (Phi) is 7.09. The van der Waals surface area contributed by atoms with Crippen LogP contribution in [0.15, 0.2) is 16.8 Å². The molecule has 0 saturated heterocycles. The van der Waals surface area contributed by atoms with Crippen LogP contribution >= 0.6 is 23.1 Å². The number of thiophene rings is 1. The molecule has 1 aromatic rings. The molecule has 0 aliphatic heterocycles. The van der Waals surface area contributed by atoms with E-state index in [2.05, 4.69) is 12.2 Å². The van der Waals surface area contributed by atoms with Crippen LogP contribution in [-0.4, -0.2) is 29.7 Å². The molecule has 15 heavy (non-hydrogen) atoms. The molecule has 0 spiro atoms. The summed E-state index contributed by atoms with van der Waals surface area (Å²) in [6, 6.07) is 1.98. The molecule has 0 aliphatic carbocycles. The monoisotopic (exact) mass is 245 g/mol. The number of aliphatic hydroxyl groups is 1. The van der Waals surface area contributed by atoms with E-state index in [1.54, 1.807) is 11.3 Å². The number of thioether (sulfide) groups is 1. The molecule has 0 fully saturated rings. The van der Waals surface area contributed by atoms with Crippen LogP contribution in [0.5, 0.6) is 0 Å². The van der Waals surface area contributed by atoms with Crippen molar-refractivity contribution in [2.75, 3.05) is 24.6 Å². The van der Waals surface area contributed by atoms with Crippen molar-refractivity contribution < 1.29 is 5.11 Å². The molecule has 1 heterocycles. The molecule has 0 bridgehead atoms. The van der Waals surface area contributed by atoms with E-state index >= 15 is 0 Å². The lowest BCUT2D eigenvalue weighted by atomic mass is 10.2. The fraction of sp³-hybridized carbons (Fsp3) is 0.636. The quantitative estimate of drug-likeness (QED) is 0.690. The highest BCUT2D eigenvalue weighted by Gasteiger charge is 2.06. The summed E-state index contributed by atoms with van der Waals surface area (Å²) < 4.78 is 0. The first-order valence-corrected chi connectivity index (χ1v) is 7.43. The first kappa shape index (κ1) is 13.0. The van der Waals surface area contributed by atoms with Crippen molar-refractivity contribution in [3.63, 3.8) is 0 Å². The lowest BCUT2D eigenvalue weighted by molar-refractivity contribution is 0.175. The second-order valence-corrected chi connectivity index (χ2v) is 5.50. The van der Waals surface area contributed by atoms with Crippen LogP contribution in [0.25, 0.3) is 0 Å². The van der Waals surface area contributed by atoms with Crippen LogP contribution in [-0.2, 0) is 0 Å². The number of hydrogen-bond acceptors (Lipinski definition) is 4. The smallest absolute Gasteiger partial charge is 0.0922 e. The minimum absolute atomic E-state index is 0.352. The van der Waals surface area contributed by atoms with E-state index in [4.69, 9.17) is 0 Å². The molecular formula is C11H19NOS2. The second-order valence-electron chi connectivity index (χ2n) is 3.33. The van der Waals surface area contributed by atoms with E-state index in [9.17, 15) is 5.11 Å². The van der Waals surface area contributed by atoms with Gasteiger partial charge in [-0.25, -0.2) is 0 Å². The zero-order valence-electron chi connectivity index (χ0n) is 9.11. The maximum Gasteiger partial charge on any atom is 0.0922 e. The third kappa shape index (κ3) is 5.56. The molecule has 2 nitrogen and oxygen atoms in total. The van der Waals surface area contributed by atoms with Gasteiger partial charge in [0.05, 0.1) is 6.10 Å². The number of aliphatic hydroxyl groups excluding tert-OH is 1. The van der Waals surface area contributed by atoms with Gasteiger partial charge in [-0.3, -0.25) is 0 Å². The third-order valence-corrected chi connectivity index (χ3v) is 3.80. The van der Waals surface area contributed by atoms with E-state index in [0.29, 0.717) is 6.54 Å². The van der Waals surface area contributed by atoms with E-state index in [-0.39, 0.29) is 6.10 Å². The number of rotatable bonds is 8. The van der Waals surface area contributed by atoms with Crippen LogP contribution in [0.3, 0.4) is 0 Å². The average Bonchev–Trinajstić information content (AvgIpc) is 2.76. The van der Waals surface area contributed by atoms with Crippen molar-refractivity contribution in [3.8, 4) is 0 Å². The summed E-state index contributed by atoms with van der Waals surface area (Å²) in [5.74, 6) is 2.40. The Hall–Kier alpha value is -0.0300. The molecule has 0 aliphatic rings. The summed E-state index contributed by atoms with van der Waals surface area (Å²) in [6.07, 6.45) is 0.824. The van der Waals surface area contributed by atoms with Crippen LogP contribution in [0.2, 0.25) is 0 Å². The highest BCUT2D eigenvalue weighted by molar-refractivity contribution is 7.99. The van der Waals surface area contributed by atoms with Crippen molar-refractivity contribution in [3.05, 3.63) is 22.4 Å². The average molecular weight is 245 g/mol. The van der Waals surface area contributed by atoms with Gasteiger partial charge in [0, 0.05) is 6.54 Å². The molecule has 4 heteroatoms. The normalized spacial score (nSPS) is 12.9. The molecule has 1 rings (SSSR count). The van der Waals surface area contributed by atoms with Gasteiger partial charge < -0.3 is 10.4 Å². The Balaban J connectivity index is 2.00. The summed E-state index contributed by atoms with van der Waals surface area (Å²) in [5, 5.41) is 17.0. The van der Waals surface area contributed by atoms with Gasteiger partial charge in [-0.05, 0) is 46.9 Å². The van der Waals surface area contributed by atoms with Gasteiger partial charge >= 0.3 is 0 Å². The molecule has 1 atom stereocenters. The molecule has 86 valence electrons. The Morgan fingerprint density at radius 2 is 2.47 bits per heavy atom. The van der Waals surface area contributed by atoms with Crippen LogP contribution in [0, 0.1) is 0 Å². The molecule has 2 N–H and O–H groups in total. The molecule has 0 saturated carbocycles. The van der Waals surface area contributed by atoms with Gasteiger partial charge in [-0.15, -0.1) is 0 Å². The number of hydrogen-bond donors (Lipinski definition) is 2. The Morgan fingerprint density at radius 3 is 3.13 bits per heavy atom. The predicted octanol–water partition coefficient (Wildman–Crippen LogP) is 2.51. The molecule has 0 radical (unpaired) electrons. The van der Waals surface area contributed by atoms with Crippen molar-refractivity contribution in [1.82, 2.24) is 5.32 Å². The van der Waals surface area contributed by atoms with Gasteiger partial charge in [-0.1, -0.05) is 6.92 Å². The van der Waals surface area contributed by atoms with E-state index in [0.717, 1.165) is 12.1 Å². The standard InChI is InChI=1S/C11H19NOS2/c1-2-14-6-3-5-12-8-11(13)10-4-7-15-9-10/h4,7,9,11-13H,2-3,5-6,8H2,1H3. The first-order chi connectivity index (χ1) is 7.34. The van der Waals surface area contributed by atoms with Gasteiger partial charge in [0.15, 0.2) is 0 Å².